The number of para-hydroxylation sites is 1. The van der Waals surface area contributed by atoms with E-state index in [-0.39, 0.29) is 24.6 Å². The summed E-state index contributed by atoms with van der Waals surface area (Å²) < 4.78 is 8.20. The second-order valence-corrected chi connectivity index (χ2v) is 8.48. The quantitative estimate of drug-likeness (QED) is 0.488. The van der Waals surface area contributed by atoms with Crippen LogP contribution >= 0.6 is 11.3 Å². The number of carbonyl (C=O) groups is 1. The maximum atomic E-state index is 13.3. The molecule has 0 atom stereocenters. The Morgan fingerprint density at radius 1 is 1.03 bits per heavy atom. The third kappa shape index (κ3) is 4.09. The van der Waals surface area contributed by atoms with Gasteiger partial charge in [-0.25, -0.2) is 4.79 Å². The summed E-state index contributed by atoms with van der Waals surface area (Å²) in [5.74, 6) is 0.310. The maximum absolute atomic E-state index is 13.3. The molecule has 0 radical (unpaired) electrons. The molecule has 0 spiro atoms. The van der Waals surface area contributed by atoms with Gasteiger partial charge in [0, 0.05) is 5.69 Å². The van der Waals surface area contributed by atoms with Gasteiger partial charge in [0.15, 0.2) is 0 Å². The zero-order valence-corrected chi connectivity index (χ0v) is 18.9. The predicted molar refractivity (Wildman–Crippen MR) is 127 cm³/mol. The van der Waals surface area contributed by atoms with Gasteiger partial charge >= 0.3 is 5.69 Å². The van der Waals surface area contributed by atoms with E-state index in [9.17, 15) is 14.4 Å². The van der Waals surface area contributed by atoms with Crippen molar-refractivity contribution in [1.82, 2.24) is 9.13 Å². The van der Waals surface area contributed by atoms with Crippen LogP contribution < -0.4 is 21.3 Å². The molecule has 0 aliphatic rings. The molecule has 164 valence electrons. The van der Waals surface area contributed by atoms with Gasteiger partial charge in [-0.1, -0.05) is 30.3 Å². The first kappa shape index (κ1) is 21.6. The fourth-order valence-electron chi connectivity index (χ4n) is 3.71. The summed E-state index contributed by atoms with van der Waals surface area (Å²) in [5, 5.41) is 4.66. The molecule has 32 heavy (non-hydrogen) atoms. The molecule has 1 N–H and O–H groups in total. The van der Waals surface area contributed by atoms with Gasteiger partial charge in [-0.3, -0.25) is 18.7 Å². The molecule has 0 saturated heterocycles. The van der Waals surface area contributed by atoms with Crippen LogP contribution in [0.1, 0.15) is 16.7 Å². The van der Waals surface area contributed by atoms with E-state index in [1.165, 1.54) is 20.5 Å². The number of aryl methyl sites for hydroxylation is 2. The van der Waals surface area contributed by atoms with Gasteiger partial charge in [-0.05, 0) is 54.1 Å². The molecule has 0 aliphatic heterocycles. The molecule has 7 nitrogen and oxygen atoms in total. The van der Waals surface area contributed by atoms with Gasteiger partial charge in [0.25, 0.3) is 5.56 Å². The van der Waals surface area contributed by atoms with Crippen LogP contribution in [0.15, 0.2) is 63.5 Å². The SMILES string of the molecule is COc1cccc(Cn2c(=O)c3sccc3n(CC(=O)Nc3c(C)cccc3C)c2=O)c1. The molecule has 2 aromatic heterocycles. The lowest BCUT2D eigenvalue weighted by Crippen LogP contribution is -2.41. The molecular formula is C24H23N3O4S. The van der Waals surface area contributed by atoms with Gasteiger partial charge in [0.1, 0.15) is 17.0 Å². The average Bonchev–Trinajstić information content (AvgIpc) is 3.27. The van der Waals surface area contributed by atoms with E-state index in [4.69, 9.17) is 4.74 Å². The van der Waals surface area contributed by atoms with Crippen molar-refractivity contribution in [2.45, 2.75) is 26.9 Å². The largest absolute Gasteiger partial charge is 0.497 e. The van der Waals surface area contributed by atoms with Crippen LogP contribution in [0.4, 0.5) is 5.69 Å². The molecule has 0 unspecified atom stereocenters. The number of ether oxygens (including phenoxy) is 1. The van der Waals surface area contributed by atoms with Crippen molar-refractivity contribution in [3.63, 3.8) is 0 Å². The van der Waals surface area contributed by atoms with Crippen molar-refractivity contribution in [3.05, 3.63) is 91.4 Å². The Kier molecular flexibility index (Phi) is 5.96. The van der Waals surface area contributed by atoms with E-state index in [0.29, 0.717) is 16.0 Å². The lowest BCUT2D eigenvalue weighted by Gasteiger charge is -2.14. The predicted octanol–water partition coefficient (Wildman–Crippen LogP) is 3.54. The van der Waals surface area contributed by atoms with Crippen LogP contribution in [-0.2, 0) is 17.9 Å². The number of fused-ring (bicyclic) bond motifs is 1. The molecule has 0 saturated carbocycles. The third-order valence-electron chi connectivity index (χ3n) is 5.36. The lowest BCUT2D eigenvalue weighted by molar-refractivity contribution is -0.116. The standard InChI is InChI=1S/C24H23N3O4S/c1-15-6-4-7-16(2)21(15)25-20(28)14-26-19-10-11-32-22(19)23(29)27(24(26)30)13-17-8-5-9-18(12-17)31-3/h4-12H,13-14H2,1-3H3,(H,25,28). The monoisotopic (exact) mass is 449 g/mol. The Morgan fingerprint density at radius 3 is 2.47 bits per heavy atom. The summed E-state index contributed by atoms with van der Waals surface area (Å²) in [6.07, 6.45) is 0. The minimum atomic E-state index is -0.527. The molecule has 8 heteroatoms. The highest BCUT2D eigenvalue weighted by atomic mass is 32.1. The van der Waals surface area contributed by atoms with Gasteiger partial charge in [0.2, 0.25) is 5.91 Å². The van der Waals surface area contributed by atoms with Gasteiger partial charge < -0.3 is 10.1 Å². The van der Waals surface area contributed by atoms with Gasteiger partial charge in [0.05, 0.1) is 19.2 Å². The smallest absolute Gasteiger partial charge is 0.332 e. The van der Waals surface area contributed by atoms with Gasteiger partial charge in [-0.2, -0.15) is 0 Å². The van der Waals surface area contributed by atoms with Crippen molar-refractivity contribution in [3.8, 4) is 5.75 Å². The number of hydrogen-bond donors (Lipinski definition) is 1. The first-order valence-electron chi connectivity index (χ1n) is 10.1. The summed E-state index contributed by atoms with van der Waals surface area (Å²) in [5.41, 5.74) is 2.93. The third-order valence-corrected chi connectivity index (χ3v) is 6.25. The summed E-state index contributed by atoms with van der Waals surface area (Å²) in [7, 11) is 1.56. The fourth-order valence-corrected chi connectivity index (χ4v) is 4.56. The topological polar surface area (TPSA) is 82.3 Å². The Hall–Kier alpha value is -3.65. The van der Waals surface area contributed by atoms with E-state index in [0.717, 1.165) is 22.4 Å². The second-order valence-electron chi connectivity index (χ2n) is 7.56. The molecule has 0 aliphatic carbocycles. The van der Waals surface area contributed by atoms with E-state index >= 15 is 0 Å². The van der Waals surface area contributed by atoms with Crippen molar-refractivity contribution in [2.75, 3.05) is 12.4 Å². The number of nitrogens with one attached hydrogen (secondary N) is 1. The molecule has 2 aromatic carbocycles. The van der Waals surface area contributed by atoms with Crippen molar-refractivity contribution < 1.29 is 9.53 Å². The fraction of sp³-hybridized carbons (Fsp3) is 0.208. The van der Waals surface area contributed by atoms with Crippen LogP contribution in [0, 0.1) is 13.8 Å². The van der Waals surface area contributed by atoms with E-state index < -0.39 is 5.69 Å². The molecule has 4 rings (SSSR count). The second kappa shape index (κ2) is 8.84. The molecular weight excluding hydrogens is 426 g/mol. The highest BCUT2D eigenvalue weighted by molar-refractivity contribution is 7.17. The Bertz CT molecular complexity index is 1410. The Morgan fingerprint density at radius 2 is 1.75 bits per heavy atom. The Labute approximate surface area is 188 Å². The average molecular weight is 450 g/mol. The first-order valence-corrected chi connectivity index (χ1v) is 11.0. The van der Waals surface area contributed by atoms with Crippen molar-refractivity contribution in [1.29, 1.82) is 0 Å². The van der Waals surface area contributed by atoms with Crippen LogP contribution in [0.2, 0.25) is 0 Å². The minimum absolute atomic E-state index is 0.0846. The van der Waals surface area contributed by atoms with Crippen LogP contribution in [0.3, 0.4) is 0 Å². The number of thiophene rings is 1. The number of rotatable bonds is 6. The number of carbonyl (C=O) groups excluding carboxylic acids is 1. The zero-order valence-electron chi connectivity index (χ0n) is 18.0. The molecule has 2 heterocycles. The van der Waals surface area contributed by atoms with E-state index in [1.807, 2.05) is 38.1 Å². The van der Waals surface area contributed by atoms with Crippen LogP contribution in [0.5, 0.6) is 5.75 Å². The molecule has 4 aromatic rings. The number of methoxy groups -OCH3 is 1. The summed E-state index contributed by atoms with van der Waals surface area (Å²) in [4.78, 5) is 39.2. The Balaban J connectivity index is 1.73. The number of nitrogens with zero attached hydrogens (tertiary/aromatic N) is 2. The van der Waals surface area contributed by atoms with Crippen molar-refractivity contribution >= 4 is 33.1 Å². The van der Waals surface area contributed by atoms with Gasteiger partial charge in [-0.15, -0.1) is 11.3 Å². The molecule has 0 fully saturated rings. The van der Waals surface area contributed by atoms with E-state index in [1.54, 1.807) is 36.8 Å². The first-order chi connectivity index (χ1) is 15.4. The number of aromatic nitrogens is 2. The molecule has 1 amide bonds. The maximum Gasteiger partial charge on any atom is 0.332 e. The summed E-state index contributed by atoms with van der Waals surface area (Å²) in [6, 6.07) is 14.7. The highest BCUT2D eigenvalue weighted by Crippen LogP contribution is 2.20. The number of hydrogen-bond acceptors (Lipinski definition) is 5. The number of benzene rings is 2. The number of amides is 1. The highest BCUT2D eigenvalue weighted by Gasteiger charge is 2.17. The summed E-state index contributed by atoms with van der Waals surface area (Å²) in [6.45, 7) is 3.72. The zero-order chi connectivity index (χ0) is 22.8. The number of anilines is 1. The van der Waals surface area contributed by atoms with Crippen LogP contribution in [0.25, 0.3) is 10.2 Å². The minimum Gasteiger partial charge on any atom is -0.497 e. The lowest BCUT2D eigenvalue weighted by atomic mass is 10.1. The van der Waals surface area contributed by atoms with Crippen LogP contribution in [-0.4, -0.2) is 22.2 Å². The normalized spacial score (nSPS) is 11.0. The summed E-state index contributed by atoms with van der Waals surface area (Å²) >= 11 is 1.26. The van der Waals surface area contributed by atoms with E-state index in [2.05, 4.69) is 5.32 Å². The molecule has 0 bridgehead atoms. The van der Waals surface area contributed by atoms with Crippen molar-refractivity contribution in [2.24, 2.45) is 0 Å².